The van der Waals surface area contributed by atoms with Crippen LogP contribution < -0.4 is 4.90 Å². The predicted molar refractivity (Wildman–Crippen MR) is 119 cm³/mol. The van der Waals surface area contributed by atoms with E-state index in [2.05, 4.69) is 70.7 Å². The Morgan fingerprint density at radius 3 is 1.54 bits per heavy atom. The SMILES string of the molecule is CCCCC(CC)CN(CC(CC)CCCC)c1ccc(C(C)C)cc1. The molecule has 0 aliphatic heterocycles. The number of rotatable bonds is 14. The Bertz CT molecular complexity index is 430. The maximum absolute atomic E-state index is 2.71. The van der Waals surface area contributed by atoms with E-state index < -0.39 is 0 Å². The van der Waals surface area contributed by atoms with Crippen molar-refractivity contribution in [3.05, 3.63) is 29.8 Å². The van der Waals surface area contributed by atoms with Crippen LogP contribution in [0.1, 0.15) is 104 Å². The van der Waals surface area contributed by atoms with E-state index in [1.54, 1.807) is 0 Å². The van der Waals surface area contributed by atoms with Crippen LogP contribution in [0.3, 0.4) is 0 Å². The second-order valence-corrected chi connectivity index (χ2v) is 8.48. The minimum absolute atomic E-state index is 0.610. The van der Waals surface area contributed by atoms with Gasteiger partial charge in [0, 0.05) is 18.8 Å². The average molecular weight is 360 g/mol. The highest BCUT2D eigenvalue weighted by Crippen LogP contribution is 2.26. The van der Waals surface area contributed by atoms with E-state index in [1.165, 1.54) is 75.7 Å². The first-order valence-electron chi connectivity index (χ1n) is 11.4. The molecule has 2 unspecified atom stereocenters. The first kappa shape index (κ1) is 23.1. The lowest BCUT2D eigenvalue weighted by Crippen LogP contribution is -2.34. The van der Waals surface area contributed by atoms with E-state index in [0.717, 1.165) is 11.8 Å². The van der Waals surface area contributed by atoms with Crippen molar-refractivity contribution in [2.24, 2.45) is 11.8 Å². The zero-order valence-electron chi connectivity index (χ0n) is 18.6. The fourth-order valence-electron chi connectivity index (χ4n) is 3.81. The van der Waals surface area contributed by atoms with Crippen molar-refractivity contribution in [2.75, 3.05) is 18.0 Å². The van der Waals surface area contributed by atoms with Crippen molar-refractivity contribution in [1.29, 1.82) is 0 Å². The largest absolute Gasteiger partial charge is 0.371 e. The summed E-state index contributed by atoms with van der Waals surface area (Å²) in [4.78, 5) is 2.71. The molecule has 0 aliphatic carbocycles. The molecule has 0 radical (unpaired) electrons. The highest BCUT2D eigenvalue weighted by molar-refractivity contribution is 5.48. The molecule has 26 heavy (non-hydrogen) atoms. The molecule has 0 spiro atoms. The van der Waals surface area contributed by atoms with Gasteiger partial charge in [0.25, 0.3) is 0 Å². The van der Waals surface area contributed by atoms with Crippen molar-refractivity contribution < 1.29 is 0 Å². The van der Waals surface area contributed by atoms with Gasteiger partial charge in [0.1, 0.15) is 0 Å². The van der Waals surface area contributed by atoms with Crippen LogP contribution in [0.15, 0.2) is 24.3 Å². The van der Waals surface area contributed by atoms with E-state index >= 15 is 0 Å². The molecule has 0 heterocycles. The summed E-state index contributed by atoms with van der Waals surface area (Å²) < 4.78 is 0. The van der Waals surface area contributed by atoms with Crippen molar-refractivity contribution in [2.45, 2.75) is 98.8 Å². The Labute approximate surface area is 164 Å². The molecule has 2 atom stereocenters. The second kappa shape index (κ2) is 13.2. The third kappa shape index (κ3) is 8.14. The molecule has 0 saturated heterocycles. The molecule has 1 rings (SSSR count). The smallest absolute Gasteiger partial charge is 0.0366 e. The molecule has 150 valence electrons. The summed E-state index contributed by atoms with van der Waals surface area (Å²) in [6.07, 6.45) is 10.7. The third-order valence-electron chi connectivity index (χ3n) is 5.97. The number of benzene rings is 1. The van der Waals surface area contributed by atoms with Crippen LogP contribution in [0.25, 0.3) is 0 Å². The fourth-order valence-corrected chi connectivity index (χ4v) is 3.81. The van der Waals surface area contributed by atoms with Gasteiger partial charge in [-0.05, 0) is 48.3 Å². The Morgan fingerprint density at radius 1 is 0.731 bits per heavy atom. The topological polar surface area (TPSA) is 3.24 Å². The van der Waals surface area contributed by atoms with Gasteiger partial charge < -0.3 is 4.90 Å². The minimum Gasteiger partial charge on any atom is -0.371 e. The van der Waals surface area contributed by atoms with Crippen LogP contribution in [0.5, 0.6) is 0 Å². The molecular weight excluding hydrogens is 314 g/mol. The van der Waals surface area contributed by atoms with Crippen LogP contribution in [-0.4, -0.2) is 13.1 Å². The van der Waals surface area contributed by atoms with Gasteiger partial charge in [-0.25, -0.2) is 0 Å². The van der Waals surface area contributed by atoms with Gasteiger partial charge in [0.15, 0.2) is 0 Å². The van der Waals surface area contributed by atoms with Gasteiger partial charge in [0.05, 0.1) is 0 Å². The Morgan fingerprint density at radius 2 is 1.19 bits per heavy atom. The summed E-state index contributed by atoms with van der Waals surface area (Å²) in [5.74, 6) is 2.25. The van der Waals surface area contributed by atoms with Crippen molar-refractivity contribution in [1.82, 2.24) is 0 Å². The quantitative estimate of drug-likeness (QED) is 0.325. The first-order chi connectivity index (χ1) is 12.5. The van der Waals surface area contributed by atoms with E-state index in [0.29, 0.717) is 5.92 Å². The van der Waals surface area contributed by atoms with Crippen molar-refractivity contribution in [3.8, 4) is 0 Å². The summed E-state index contributed by atoms with van der Waals surface area (Å²) in [6, 6.07) is 9.42. The molecule has 0 bridgehead atoms. The summed E-state index contributed by atoms with van der Waals surface area (Å²) in [5, 5.41) is 0. The van der Waals surface area contributed by atoms with E-state index in [-0.39, 0.29) is 0 Å². The highest BCUT2D eigenvalue weighted by atomic mass is 15.1. The first-order valence-corrected chi connectivity index (χ1v) is 11.4. The van der Waals surface area contributed by atoms with E-state index in [4.69, 9.17) is 0 Å². The van der Waals surface area contributed by atoms with Gasteiger partial charge >= 0.3 is 0 Å². The molecule has 0 fully saturated rings. The van der Waals surface area contributed by atoms with Crippen LogP contribution >= 0.6 is 0 Å². The lowest BCUT2D eigenvalue weighted by Gasteiger charge is -2.33. The third-order valence-corrected chi connectivity index (χ3v) is 5.97. The molecule has 0 aliphatic rings. The summed E-state index contributed by atoms with van der Waals surface area (Å²) in [5.41, 5.74) is 2.88. The molecule has 0 amide bonds. The molecule has 1 aromatic carbocycles. The maximum Gasteiger partial charge on any atom is 0.0366 e. The summed E-state index contributed by atoms with van der Waals surface area (Å²) in [6.45, 7) is 16.4. The molecule has 1 nitrogen and oxygen atoms in total. The van der Waals surface area contributed by atoms with Gasteiger partial charge in [0.2, 0.25) is 0 Å². The fraction of sp³-hybridized carbons (Fsp3) is 0.760. The van der Waals surface area contributed by atoms with Gasteiger partial charge in [-0.2, -0.15) is 0 Å². The lowest BCUT2D eigenvalue weighted by molar-refractivity contribution is 0.403. The number of anilines is 1. The van der Waals surface area contributed by atoms with Crippen LogP contribution in [0, 0.1) is 11.8 Å². The summed E-state index contributed by atoms with van der Waals surface area (Å²) in [7, 11) is 0. The number of nitrogens with zero attached hydrogens (tertiary/aromatic N) is 1. The number of unbranched alkanes of at least 4 members (excludes halogenated alkanes) is 2. The Hall–Kier alpha value is -0.980. The zero-order valence-corrected chi connectivity index (χ0v) is 18.6. The number of hydrogen-bond donors (Lipinski definition) is 0. The standard InChI is InChI=1S/C25H45N/c1-7-11-13-22(9-3)19-26(20-23(10-4)14-12-8-2)25-17-15-24(16-18-25)21(5)6/h15-18,21-23H,7-14,19-20H2,1-6H3. The van der Waals surface area contributed by atoms with Crippen molar-refractivity contribution >= 4 is 5.69 Å². The molecule has 0 aromatic heterocycles. The zero-order chi connectivity index (χ0) is 19.4. The van der Waals surface area contributed by atoms with Crippen molar-refractivity contribution in [3.63, 3.8) is 0 Å². The molecule has 0 saturated carbocycles. The minimum atomic E-state index is 0.610. The second-order valence-electron chi connectivity index (χ2n) is 8.48. The average Bonchev–Trinajstić information content (AvgIpc) is 2.66. The molecular formula is C25H45N. The lowest BCUT2D eigenvalue weighted by atomic mass is 9.95. The monoisotopic (exact) mass is 359 g/mol. The van der Waals surface area contributed by atoms with Crippen LogP contribution in [0.2, 0.25) is 0 Å². The normalized spacial score (nSPS) is 13.8. The number of hydrogen-bond acceptors (Lipinski definition) is 1. The maximum atomic E-state index is 2.71. The predicted octanol–water partition coefficient (Wildman–Crippen LogP) is 8.05. The van der Waals surface area contributed by atoms with Crippen LogP contribution in [-0.2, 0) is 0 Å². The molecule has 0 N–H and O–H groups in total. The van der Waals surface area contributed by atoms with E-state index in [9.17, 15) is 0 Å². The Kier molecular flexibility index (Phi) is 11.7. The van der Waals surface area contributed by atoms with E-state index in [1.807, 2.05) is 0 Å². The summed E-state index contributed by atoms with van der Waals surface area (Å²) >= 11 is 0. The van der Waals surface area contributed by atoms with Crippen LogP contribution in [0.4, 0.5) is 5.69 Å². The highest BCUT2D eigenvalue weighted by Gasteiger charge is 2.17. The van der Waals surface area contributed by atoms with Gasteiger partial charge in [-0.3, -0.25) is 0 Å². The Balaban J connectivity index is 2.91. The molecule has 1 heteroatoms. The van der Waals surface area contributed by atoms with Gasteiger partial charge in [-0.1, -0.05) is 92.2 Å². The molecule has 1 aromatic rings. The van der Waals surface area contributed by atoms with Gasteiger partial charge in [-0.15, -0.1) is 0 Å².